The monoisotopic (exact) mass is 246 g/mol. The fourth-order valence-corrected chi connectivity index (χ4v) is 3.13. The van der Waals surface area contributed by atoms with Crippen LogP contribution in [0, 0.1) is 0 Å². The summed E-state index contributed by atoms with van der Waals surface area (Å²) in [5.74, 6) is 0.461. The highest BCUT2D eigenvalue weighted by molar-refractivity contribution is 5.95. The molecule has 0 unspecified atom stereocenters. The maximum atomic E-state index is 10.5. The minimum absolute atomic E-state index is 0.461. The molecule has 3 aromatic carbocycles. The fourth-order valence-electron chi connectivity index (χ4n) is 3.13. The molecule has 0 saturated heterocycles. The quantitative estimate of drug-likeness (QED) is 0.626. The summed E-state index contributed by atoms with van der Waals surface area (Å²) in [6, 6.07) is 18.8. The van der Waals surface area contributed by atoms with E-state index < -0.39 is 0 Å². The molecule has 3 aromatic rings. The summed E-state index contributed by atoms with van der Waals surface area (Å²) in [6.07, 6.45) is 1.93. The van der Waals surface area contributed by atoms with Gasteiger partial charge in [0.05, 0.1) is 0 Å². The molecule has 4 rings (SSSR count). The molecule has 92 valence electrons. The normalized spacial score (nSPS) is 13.1. The molecule has 0 spiro atoms. The number of hydrogen-bond donors (Lipinski definition) is 1. The van der Waals surface area contributed by atoms with Crippen molar-refractivity contribution in [3.8, 4) is 16.9 Å². The van der Waals surface area contributed by atoms with Crippen LogP contribution < -0.4 is 0 Å². The Hall–Kier alpha value is -2.28. The lowest BCUT2D eigenvalue weighted by Crippen LogP contribution is -2.04. The topological polar surface area (TPSA) is 20.2 Å². The number of aryl methyl sites for hydroxylation is 1. The largest absolute Gasteiger partial charge is 0.507 e. The number of benzene rings is 3. The lowest BCUT2D eigenvalue weighted by Gasteiger charge is -2.21. The van der Waals surface area contributed by atoms with Gasteiger partial charge in [0.15, 0.2) is 0 Å². The first-order valence-corrected chi connectivity index (χ1v) is 6.66. The van der Waals surface area contributed by atoms with Gasteiger partial charge in [0.25, 0.3) is 0 Å². The van der Waals surface area contributed by atoms with Crippen molar-refractivity contribution >= 4 is 10.8 Å². The summed E-state index contributed by atoms with van der Waals surface area (Å²) >= 11 is 0. The maximum Gasteiger partial charge on any atom is 0.127 e. The second-order valence-corrected chi connectivity index (χ2v) is 5.13. The van der Waals surface area contributed by atoms with E-state index in [-0.39, 0.29) is 0 Å². The summed E-state index contributed by atoms with van der Waals surface area (Å²) in [7, 11) is 0. The maximum absolute atomic E-state index is 10.5. The van der Waals surface area contributed by atoms with Crippen LogP contribution in [0.4, 0.5) is 0 Å². The van der Waals surface area contributed by atoms with Gasteiger partial charge < -0.3 is 5.11 Å². The minimum Gasteiger partial charge on any atom is -0.507 e. The van der Waals surface area contributed by atoms with Crippen molar-refractivity contribution in [3.63, 3.8) is 0 Å². The van der Waals surface area contributed by atoms with Gasteiger partial charge in [-0.15, -0.1) is 0 Å². The van der Waals surface area contributed by atoms with Crippen molar-refractivity contribution in [2.75, 3.05) is 0 Å². The Morgan fingerprint density at radius 1 is 0.789 bits per heavy atom. The first-order valence-electron chi connectivity index (χ1n) is 6.66. The SMILES string of the molecule is Oc1c2c(cc3ccccc13)-c1ccccc1CC2. The standard InChI is InChI=1S/C18H14O/c19-18-15-8-4-2-6-13(15)11-17-14-7-3-1-5-12(14)9-10-16(17)18/h1-8,11,19H,9-10H2. The Balaban J connectivity index is 2.11. The van der Waals surface area contributed by atoms with E-state index in [0.29, 0.717) is 5.75 Å². The summed E-state index contributed by atoms with van der Waals surface area (Å²) in [5, 5.41) is 12.6. The fraction of sp³-hybridized carbons (Fsp3) is 0.111. The lowest BCUT2D eigenvalue weighted by molar-refractivity contribution is 0.474. The van der Waals surface area contributed by atoms with E-state index in [1.807, 2.05) is 18.2 Å². The average molecular weight is 246 g/mol. The Morgan fingerprint density at radius 2 is 1.58 bits per heavy atom. The summed E-state index contributed by atoms with van der Waals surface area (Å²) < 4.78 is 0. The molecule has 0 heterocycles. The van der Waals surface area contributed by atoms with Gasteiger partial charge in [-0.1, -0.05) is 48.5 Å². The zero-order valence-electron chi connectivity index (χ0n) is 10.6. The molecule has 0 radical (unpaired) electrons. The molecule has 19 heavy (non-hydrogen) atoms. The molecule has 1 aliphatic rings. The van der Waals surface area contributed by atoms with Gasteiger partial charge in [0, 0.05) is 10.9 Å². The van der Waals surface area contributed by atoms with E-state index in [0.717, 1.165) is 29.2 Å². The number of fused-ring (bicyclic) bond motifs is 4. The number of hydrogen-bond acceptors (Lipinski definition) is 1. The minimum atomic E-state index is 0.461. The van der Waals surface area contributed by atoms with Crippen LogP contribution in [0.2, 0.25) is 0 Å². The Morgan fingerprint density at radius 3 is 2.53 bits per heavy atom. The van der Waals surface area contributed by atoms with Crippen molar-refractivity contribution in [1.29, 1.82) is 0 Å². The summed E-state index contributed by atoms with van der Waals surface area (Å²) in [4.78, 5) is 0. The van der Waals surface area contributed by atoms with E-state index in [9.17, 15) is 5.11 Å². The second-order valence-electron chi connectivity index (χ2n) is 5.13. The van der Waals surface area contributed by atoms with Gasteiger partial charge >= 0.3 is 0 Å². The zero-order chi connectivity index (χ0) is 12.8. The number of phenols is 1. The molecule has 0 saturated carbocycles. The van der Waals surface area contributed by atoms with Crippen molar-refractivity contribution in [3.05, 3.63) is 65.7 Å². The van der Waals surface area contributed by atoms with Crippen LogP contribution in [0.3, 0.4) is 0 Å². The Bertz CT molecular complexity index is 787. The lowest BCUT2D eigenvalue weighted by atomic mass is 9.83. The Labute approximate surface area is 112 Å². The molecular weight excluding hydrogens is 232 g/mol. The average Bonchev–Trinajstić information content (AvgIpc) is 2.47. The summed E-state index contributed by atoms with van der Waals surface area (Å²) in [5.41, 5.74) is 4.94. The number of aromatic hydroxyl groups is 1. The van der Waals surface area contributed by atoms with Crippen LogP contribution in [0.1, 0.15) is 11.1 Å². The van der Waals surface area contributed by atoms with Crippen LogP contribution in [0.25, 0.3) is 21.9 Å². The summed E-state index contributed by atoms with van der Waals surface area (Å²) in [6.45, 7) is 0. The molecule has 1 heteroatoms. The van der Waals surface area contributed by atoms with Gasteiger partial charge in [-0.05, 0) is 41.0 Å². The van der Waals surface area contributed by atoms with Crippen LogP contribution in [-0.2, 0) is 12.8 Å². The first kappa shape index (κ1) is 10.6. The van der Waals surface area contributed by atoms with E-state index in [1.165, 1.54) is 16.7 Å². The van der Waals surface area contributed by atoms with Gasteiger partial charge in [0.1, 0.15) is 5.75 Å². The molecule has 0 aromatic heterocycles. The zero-order valence-corrected chi connectivity index (χ0v) is 10.6. The third kappa shape index (κ3) is 1.48. The number of rotatable bonds is 0. The van der Waals surface area contributed by atoms with E-state index in [4.69, 9.17) is 0 Å². The predicted molar refractivity (Wildman–Crippen MR) is 78.5 cm³/mol. The molecule has 0 aliphatic heterocycles. The highest BCUT2D eigenvalue weighted by Crippen LogP contribution is 2.41. The Kier molecular flexibility index (Phi) is 2.16. The predicted octanol–water partition coefficient (Wildman–Crippen LogP) is 4.31. The molecule has 1 aliphatic carbocycles. The molecule has 0 atom stereocenters. The van der Waals surface area contributed by atoms with Crippen LogP contribution in [0.5, 0.6) is 5.75 Å². The third-order valence-corrected chi connectivity index (χ3v) is 4.08. The van der Waals surface area contributed by atoms with E-state index in [2.05, 4.69) is 36.4 Å². The molecule has 0 fully saturated rings. The first-order chi connectivity index (χ1) is 9.34. The number of phenolic OH excluding ortho intramolecular Hbond substituents is 1. The van der Waals surface area contributed by atoms with Crippen LogP contribution in [0.15, 0.2) is 54.6 Å². The van der Waals surface area contributed by atoms with Gasteiger partial charge in [-0.25, -0.2) is 0 Å². The highest BCUT2D eigenvalue weighted by atomic mass is 16.3. The van der Waals surface area contributed by atoms with Crippen LogP contribution >= 0.6 is 0 Å². The van der Waals surface area contributed by atoms with Gasteiger partial charge in [-0.2, -0.15) is 0 Å². The smallest absolute Gasteiger partial charge is 0.127 e. The molecule has 1 N–H and O–H groups in total. The molecule has 0 amide bonds. The van der Waals surface area contributed by atoms with Crippen molar-refractivity contribution in [1.82, 2.24) is 0 Å². The van der Waals surface area contributed by atoms with Crippen molar-refractivity contribution in [2.24, 2.45) is 0 Å². The highest BCUT2D eigenvalue weighted by Gasteiger charge is 2.20. The van der Waals surface area contributed by atoms with Gasteiger partial charge in [-0.3, -0.25) is 0 Å². The van der Waals surface area contributed by atoms with Crippen LogP contribution in [-0.4, -0.2) is 5.11 Å². The molecule has 0 bridgehead atoms. The van der Waals surface area contributed by atoms with Gasteiger partial charge in [0.2, 0.25) is 0 Å². The molecular formula is C18H14O. The van der Waals surface area contributed by atoms with E-state index >= 15 is 0 Å². The van der Waals surface area contributed by atoms with E-state index in [1.54, 1.807) is 0 Å². The van der Waals surface area contributed by atoms with Crippen molar-refractivity contribution < 1.29 is 5.11 Å². The molecule has 1 nitrogen and oxygen atoms in total. The second kappa shape index (κ2) is 3.86. The van der Waals surface area contributed by atoms with Crippen molar-refractivity contribution in [2.45, 2.75) is 12.8 Å². The third-order valence-electron chi connectivity index (χ3n) is 4.08.